The number of anilines is 2. The third-order valence-corrected chi connectivity index (χ3v) is 5.81. The molecule has 0 radical (unpaired) electrons. The van der Waals surface area contributed by atoms with Crippen molar-refractivity contribution in [1.82, 2.24) is 4.98 Å². The van der Waals surface area contributed by atoms with E-state index in [2.05, 4.69) is 15.0 Å². The molecule has 2 N–H and O–H groups in total. The van der Waals surface area contributed by atoms with Gasteiger partial charge in [-0.2, -0.15) is 13.2 Å². The minimum Gasteiger partial charge on any atom is -0.474 e. The van der Waals surface area contributed by atoms with Crippen molar-refractivity contribution in [3.8, 4) is 5.88 Å². The third kappa shape index (κ3) is 6.45. The Morgan fingerprint density at radius 3 is 2.44 bits per heavy atom. The number of methoxy groups -OCH3 is 1. The van der Waals surface area contributed by atoms with Crippen LogP contribution in [0.15, 0.2) is 71.8 Å². The summed E-state index contributed by atoms with van der Waals surface area (Å²) in [5, 5.41) is 2.63. The minimum absolute atomic E-state index is 0.143. The van der Waals surface area contributed by atoms with Crippen molar-refractivity contribution in [3.05, 3.63) is 78.0 Å². The molecule has 0 aliphatic carbocycles. The summed E-state index contributed by atoms with van der Waals surface area (Å²) in [5.41, 5.74) is -0.772. The van der Waals surface area contributed by atoms with E-state index in [1.807, 2.05) is 0 Å². The van der Waals surface area contributed by atoms with Crippen LogP contribution in [0.5, 0.6) is 5.88 Å². The minimum atomic E-state index is -4.61. The van der Waals surface area contributed by atoms with Gasteiger partial charge in [0.2, 0.25) is 5.88 Å². The van der Waals surface area contributed by atoms with Gasteiger partial charge in [-0.3, -0.25) is 9.52 Å². The third-order valence-electron chi connectivity index (χ3n) is 4.41. The predicted molar refractivity (Wildman–Crippen MR) is 118 cm³/mol. The van der Waals surface area contributed by atoms with Crippen LogP contribution in [0.2, 0.25) is 0 Å². The molecule has 3 aromatic rings. The molecule has 1 heterocycles. The molecule has 0 aliphatic rings. The molecule has 0 saturated carbocycles. The van der Waals surface area contributed by atoms with Crippen LogP contribution in [0, 0.1) is 0 Å². The Balaban J connectivity index is 1.72. The number of nitrogens with one attached hydrogen (secondary N) is 2. The molecule has 8 nitrogen and oxygen atoms in total. The maximum absolute atomic E-state index is 12.9. The Morgan fingerprint density at radius 1 is 1.03 bits per heavy atom. The number of carbonyl (C=O) groups excluding carboxylic acids is 1. The lowest BCUT2D eigenvalue weighted by molar-refractivity contribution is -0.137. The van der Waals surface area contributed by atoms with E-state index in [0.29, 0.717) is 18.4 Å². The molecule has 3 rings (SSSR count). The van der Waals surface area contributed by atoms with Gasteiger partial charge in [-0.25, -0.2) is 13.4 Å². The highest BCUT2D eigenvalue weighted by Crippen LogP contribution is 2.31. The van der Waals surface area contributed by atoms with Crippen LogP contribution < -0.4 is 14.8 Å². The first-order valence-electron chi connectivity index (χ1n) is 9.78. The van der Waals surface area contributed by atoms with Crippen LogP contribution in [-0.2, 0) is 20.9 Å². The fourth-order valence-electron chi connectivity index (χ4n) is 2.78. The fraction of sp³-hybridized carbons (Fsp3) is 0.182. The summed E-state index contributed by atoms with van der Waals surface area (Å²) >= 11 is 0. The molecule has 0 fully saturated rings. The maximum atomic E-state index is 12.9. The van der Waals surface area contributed by atoms with Gasteiger partial charge in [-0.1, -0.05) is 6.07 Å². The number of nitrogens with zero attached hydrogens (tertiary/aromatic N) is 1. The number of hydrogen-bond acceptors (Lipinski definition) is 6. The van der Waals surface area contributed by atoms with E-state index >= 15 is 0 Å². The van der Waals surface area contributed by atoms with Gasteiger partial charge in [-0.15, -0.1) is 0 Å². The SMILES string of the molecule is COCCOc1ncccc1NC(=O)c1ccc(S(=O)(=O)Nc2cccc(C(F)(F)F)c2)cc1. The molecule has 1 aromatic heterocycles. The van der Waals surface area contributed by atoms with E-state index in [0.717, 1.165) is 12.1 Å². The highest BCUT2D eigenvalue weighted by atomic mass is 32.2. The van der Waals surface area contributed by atoms with Gasteiger partial charge in [0.1, 0.15) is 12.3 Å². The Hall–Kier alpha value is -3.64. The number of sulfonamides is 1. The quantitative estimate of drug-likeness (QED) is 0.432. The van der Waals surface area contributed by atoms with Gasteiger partial charge in [0.25, 0.3) is 15.9 Å². The zero-order chi connectivity index (χ0) is 24.8. The lowest BCUT2D eigenvalue weighted by Crippen LogP contribution is -2.16. The van der Waals surface area contributed by atoms with Gasteiger partial charge in [0.05, 0.1) is 17.1 Å². The average Bonchev–Trinajstić information content (AvgIpc) is 2.80. The first-order chi connectivity index (χ1) is 16.1. The number of carbonyl (C=O) groups is 1. The summed E-state index contributed by atoms with van der Waals surface area (Å²) in [5.74, 6) is -0.350. The van der Waals surface area contributed by atoms with Gasteiger partial charge in [0.15, 0.2) is 0 Å². The highest BCUT2D eigenvalue weighted by Gasteiger charge is 2.30. The fourth-order valence-corrected chi connectivity index (χ4v) is 3.83. The molecule has 34 heavy (non-hydrogen) atoms. The van der Waals surface area contributed by atoms with E-state index in [-0.39, 0.29) is 28.6 Å². The summed E-state index contributed by atoms with van der Waals surface area (Å²) < 4.78 is 76.2. The first-order valence-corrected chi connectivity index (χ1v) is 11.3. The largest absolute Gasteiger partial charge is 0.474 e. The van der Waals surface area contributed by atoms with Crippen LogP contribution in [0.1, 0.15) is 15.9 Å². The number of aromatic nitrogens is 1. The number of rotatable bonds is 9. The summed E-state index contributed by atoms with van der Waals surface area (Å²) in [4.78, 5) is 16.4. The van der Waals surface area contributed by atoms with Crippen molar-refractivity contribution in [2.45, 2.75) is 11.1 Å². The topological polar surface area (TPSA) is 107 Å². The van der Waals surface area contributed by atoms with Gasteiger partial charge >= 0.3 is 6.18 Å². The summed E-state index contributed by atoms with van der Waals surface area (Å²) in [6, 6.07) is 11.9. The van der Waals surface area contributed by atoms with Gasteiger partial charge in [0, 0.05) is 24.6 Å². The predicted octanol–water partition coefficient (Wildman–Crippen LogP) is 4.18. The van der Waals surface area contributed by atoms with Crippen molar-refractivity contribution in [1.29, 1.82) is 0 Å². The van der Waals surface area contributed by atoms with Crippen LogP contribution in [0.4, 0.5) is 24.5 Å². The second-order valence-electron chi connectivity index (χ2n) is 6.86. The van der Waals surface area contributed by atoms with E-state index < -0.39 is 27.7 Å². The molecule has 1 amide bonds. The summed E-state index contributed by atoms with van der Waals surface area (Å²) in [6.45, 7) is 0.552. The van der Waals surface area contributed by atoms with Crippen LogP contribution >= 0.6 is 0 Å². The van der Waals surface area contributed by atoms with Crippen molar-refractivity contribution in [3.63, 3.8) is 0 Å². The lowest BCUT2D eigenvalue weighted by Gasteiger charge is -2.12. The van der Waals surface area contributed by atoms with Crippen molar-refractivity contribution < 1.29 is 35.9 Å². The second kappa shape index (κ2) is 10.5. The number of pyridine rings is 1. The summed E-state index contributed by atoms with van der Waals surface area (Å²) in [7, 11) is -2.67. The normalized spacial score (nSPS) is 11.6. The first kappa shape index (κ1) is 25.0. The zero-order valence-electron chi connectivity index (χ0n) is 17.8. The van der Waals surface area contributed by atoms with E-state index in [9.17, 15) is 26.4 Å². The van der Waals surface area contributed by atoms with Crippen LogP contribution in [0.3, 0.4) is 0 Å². The molecule has 2 aromatic carbocycles. The average molecular weight is 495 g/mol. The van der Waals surface area contributed by atoms with E-state index in [1.54, 1.807) is 12.1 Å². The molecule has 0 unspecified atom stereocenters. The number of hydrogen-bond donors (Lipinski definition) is 2. The maximum Gasteiger partial charge on any atom is 0.416 e. The Bertz CT molecular complexity index is 1250. The van der Waals surface area contributed by atoms with Crippen molar-refractivity contribution >= 4 is 27.3 Å². The Kier molecular flexibility index (Phi) is 7.74. The van der Waals surface area contributed by atoms with Gasteiger partial charge < -0.3 is 14.8 Å². The molecule has 0 atom stereocenters. The van der Waals surface area contributed by atoms with Crippen LogP contribution in [-0.4, -0.2) is 39.6 Å². The highest BCUT2D eigenvalue weighted by molar-refractivity contribution is 7.92. The Labute approximate surface area is 193 Å². The molecule has 180 valence electrons. The number of ether oxygens (including phenoxy) is 2. The van der Waals surface area contributed by atoms with Crippen LogP contribution in [0.25, 0.3) is 0 Å². The molecule has 0 bridgehead atoms. The molecular weight excluding hydrogens is 475 g/mol. The van der Waals surface area contributed by atoms with E-state index in [1.165, 1.54) is 43.6 Å². The monoisotopic (exact) mass is 495 g/mol. The molecular formula is C22H20F3N3O5S. The Morgan fingerprint density at radius 2 is 1.76 bits per heavy atom. The smallest absolute Gasteiger partial charge is 0.416 e. The lowest BCUT2D eigenvalue weighted by atomic mass is 10.2. The molecule has 12 heteroatoms. The number of benzene rings is 2. The summed E-state index contributed by atoms with van der Waals surface area (Å²) in [6.07, 6.45) is -3.12. The molecule has 0 aliphatic heterocycles. The molecule has 0 saturated heterocycles. The zero-order valence-corrected chi connectivity index (χ0v) is 18.6. The number of halogens is 3. The van der Waals surface area contributed by atoms with E-state index in [4.69, 9.17) is 9.47 Å². The standard InChI is InChI=1S/C22H20F3N3O5S/c1-32-12-13-33-21-19(6-3-11-26-21)27-20(29)15-7-9-18(10-8-15)34(30,31)28-17-5-2-4-16(14-17)22(23,24)25/h2-11,14,28H,12-13H2,1H3,(H,27,29). The number of alkyl halides is 3. The van der Waals surface area contributed by atoms with Crippen molar-refractivity contribution in [2.24, 2.45) is 0 Å². The number of amides is 1. The molecule has 0 spiro atoms. The van der Waals surface area contributed by atoms with Gasteiger partial charge in [-0.05, 0) is 54.6 Å². The second-order valence-corrected chi connectivity index (χ2v) is 8.54. The van der Waals surface area contributed by atoms with Crippen molar-refractivity contribution in [2.75, 3.05) is 30.4 Å².